The highest BCUT2D eigenvalue weighted by molar-refractivity contribution is 5.86. The highest BCUT2D eigenvalue weighted by Gasteiger charge is 2.26. The van der Waals surface area contributed by atoms with Gasteiger partial charge in [0.2, 0.25) is 0 Å². The lowest BCUT2D eigenvalue weighted by Crippen LogP contribution is -2.19. The summed E-state index contributed by atoms with van der Waals surface area (Å²) in [6.45, 7) is 1.33. The molecule has 0 radical (unpaired) electrons. The van der Waals surface area contributed by atoms with Crippen LogP contribution in [0.2, 0.25) is 0 Å². The van der Waals surface area contributed by atoms with E-state index in [1.807, 2.05) is 36.4 Å². The number of hydrogen-bond acceptors (Lipinski definition) is 8. The molecule has 2 fully saturated rings. The van der Waals surface area contributed by atoms with Gasteiger partial charge in [0.1, 0.15) is 25.6 Å². The number of carbonyl (C=O) groups is 2. The monoisotopic (exact) mass is 374 g/mol. The van der Waals surface area contributed by atoms with Gasteiger partial charge in [0.15, 0.2) is 12.2 Å². The van der Waals surface area contributed by atoms with Gasteiger partial charge in [0.05, 0.1) is 13.2 Å². The zero-order chi connectivity index (χ0) is 18.6. The Morgan fingerprint density at radius 2 is 1.67 bits per heavy atom. The molecule has 0 bridgehead atoms. The van der Waals surface area contributed by atoms with E-state index in [0.29, 0.717) is 12.4 Å². The van der Waals surface area contributed by atoms with Gasteiger partial charge in [0, 0.05) is 0 Å². The van der Waals surface area contributed by atoms with Crippen LogP contribution in [0.5, 0.6) is 5.75 Å². The zero-order valence-electron chi connectivity index (χ0n) is 14.4. The fourth-order valence-electron chi connectivity index (χ4n) is 2.93. The number of hydrogen-bond donors (Lipinski definition) is 0. The van der Waals surface area contributed by atoms with E-state index < -0.39 is 12.3 Å². The second-order valence-corrected chi connectivity index (χ2v) is 6.23. The van der Waals surface area contributed by atoms with E-state index in [1.165, 1.54) is 0 Å². The van der Waals surface area contributed by atoms with Crippen molar-refractivity contribution >= 4 is 23.1 Å². The smallest absolute Gasteiger partial charge is 0.490 e. The maximum Gasteiger partial charge on any atom is 0.508 e. The maximum absolute atomic E-state index is 10.9. The van der Waals surface area contributed by atoms with Crippen molar-refractivity contribution in [3.05, 3.63) is 42.0 Å². The van der Waals surface area contributed by atoms with Crippen LogP contribution in [0.1, 0.15) is 5.56 Å². The standard InChI is InChI=1S/C19H18O8/c20-18-24-10-15(26-18)8-22-7-13-3-1-2-12-6-14(4-5-17(12)13)23-9-16-11-25-19(21)27-16/h1-6,15-16H,7-11H2. The number of carbonyl (C=O) groups excluding carboxylic acids is 2. The molecule has 0 saturated carbocycles. The Kier molecular flexibility index (Phi) is 4.97. The predicted octanol–water partition coefficient (Wildman–Crippen LogP) is 2.81. The second-order valence-electron chi connectivity index (χ2n) is 6.23. The summed E-state index contributed by atoms with van der Waals surface area (Å²) in [5.74, 6) is 0.679. The Bertz CT molecular complexity index is 849. The van der Waals surface area contributed by atoms with Crippen LogP contribution in [0.25, 0.3) is 10.8 Å². The maximum atomic E-state index is 10.9. The largest absolute Gasteiger partial charge is 0.508 e. The van der Waals surface area contributed by atoms with Crippen molar-refractivity contribution in [1.29, 1.82) is 0 Å². The number of ether oxygens (including phenoxy) is 6. The molecule has 2 atom stereocenters. The van der Waals surface area contributed by atoms with Gasteiger partial charge in [-0.25, -0.2) is 9.59 Å². The van der Waals surface area contributed by atoms with Crippen molar-refractivity contribution in [1.82, 2.24) is 0 Å². The lowest BCUT2D eigenvalue weighted by atomic mass is 10.0. The molecule has 2 aliphatic rings. The highest BCUT2D eigenvalue weighted by Crippen LogP contribution is 2.25. The fourth-order valence-corrected chi connectivity index (χ4v) is 2.93. The van der Waals surface area contributed by atoms with E-state index in [4.69, 9.17) is 28.4 Å². The molecule has 0 aromatic heterocycles. The minimum absolute atomic E-state index is 0.204. The molecule has 2 saturated heterocycles. The third kappa shape index (κ3) is 4.22. The summed E-state index contributed by atoms with van der Waals surface area (Å²) in [6.07, 6.45) is -2.06. The normalized spacial score (nSPS) is 21.5. The van der Waals surface area contributed by atoms with Gasteiger partial charge in [-0.15, -0.1) is 0 Å². The quantitative estimate of drug-likeness (QED) is 0.684. The SMILES string of the molecule is O=C1OCC(COCc2cccc3cc(OCC4COC(=O)O4)ccc23)O1. The average molecular weight is 374 g/mol. The Balaban J connectivity index is 1.36. The van der Waals surface area contributed by atoms with Crippen LogP contribution >= 0.6 is 0 Å². The molecule has 0 spiro atoms. The van der Waals surface area contributed by atoms with Crippen LogP contribution in [-0.4, -0.2) is 50.9 Å². The first-order valence-corrected chi connectivity index (χ1v) is 8.56. The molecule has 0 amide bonds. The molecule has 8 nitrogen and oxygen atoms in total. The van der Waals surface area contributed by atoms with Gasteiger partial charge < -0.3 is 28.4 Å². The van der Waals surface area contributed by atoms with Gasteiger partial charge in [-0.3, -0.25) is 0 Å². The average Bonchev–Trinajstić information content (AvgIpc) is 3.28. The fraction of sp³-hybridized carbons (Fsp3) is 0.368. The van der Waals surface area contributed by atoms with Crippen LogP contribution in [-0.2, 0) is 30.3 Å². The van der Waals surface area contributed by atoms with E-state index in [1.54, 1.807) is 0 Å². The lowest BCUT2D eigenvalue weighted by molar-refractivity contribution is 0.0385. The molecule has 142 valence electrons. The molecule has 2 aliphatic heterocycles. The van der Waals surface area contributed by atoms with Gasteiger partial charge in [-0.2, -0.15) is 0 Å². The van der Waals surface area contributed by atoms with Gasteiger partial charge in [0.25, 0.3) is 0 Å². The van der Waals surface area contributed by atoms with Crippen molar-refractivity contribution in [2.45, 2.75) is 18.8 Å². The summed E-state index contributed by atoms with van der Waals surface area (Å²) in [6, 6.07) is 11.6. The summed E-state index contributed by atoms with van der Waals surface area (Å²) in [4.78, 5) is 21.8. The summed E-state index contributed by atoms with van der Waals surface area (Å²) in [7, 11) is 0. The van der Waals surface area contributed by atoms with Gasteiger partial charge in [-0.1, -0.05) is 24.3 Å². The van der Waals surface area contributed by atoms with Crippen LogP contribution < -0.4 is 4.74 Å². The van der Waals surface area contributed by atoms with E-state index in [0.717, 1.165) is 16.3 Å². The third-order valence-electron chi connectivity index (χ3n) is 4.24. The first kappa shape index (κ1) is 17.4. The molecule has 2 aromatic carbocycles. The van der Waals surface area contributed by atoms with Gasteiger partial charge >= 0.3 is 12.3 Å². The second kappa shape index (κ2) is 7.71. The third-order valence-corrected chi connectivity index (χ3v) is 4.24. The summed E-state index contributed by atoms with van der Waals surface area (Å²) >= 11 is 0. The Morgan fingerprint density at radius 1 is 0.926 bits per heavy atom. The van der Waals surface area contributed by atoms with Crippen molar-refractivity contribution in [2.75, 3.05) is 26.4 Å². The Morgan fingerprint density at radius 3 is 2.37 bits per heavy atom. The van der Waals surface area contributed by atoms with Crippen LogP contribution in [0.4, 0.5) is 9.59 Å². The van der Waals surface area contributed by atoms with Crippen molar-refractivity contribution in [2.24, 2.45) is 0 Å². The van der Waals surface area contributed by atoms with Crippen LogP contribution in [0.15, 0.2) is 36.4 Å². The molecule has 2 unspecified atom stereocenters. The lowest BCUT2D eigenvalue weighted by Gasteiger charge is -2.12. The van der Waals surface area contributed by atoms with Crippen molar-refractivity contribution in [3.8, 4) is 5.75 Å². The number of fused-ring (bicyclic) bond motifs is 1. The molecule has 27 heavy (non-hydrogen) atoms. The van der Waals surface area contributed by atoms with E-state index >= 15 is 0 Å². The molecule has 8 heteroatoms. The molecule has 0 aliphatic carbocycles. The Labute approximate surface area is 154 Å². The molecular formula is C19H18O8. The minimum Gasteiger partial charge on any atom is -0.490 e. The van der Waals surface area contributed by atoms with Crippen LogP contribution in [0, 0.1) is 0 Å². The molecule has 2 aromatic rings. The van der Waals surface area contributed by atoms with Crippen molar-refractivity contribution in [3.63, 3.8) is 0 Å². The molecular weight excluding hydrogens is 356 g/mol. The first-order chi connectivity index (χ1) is 13.2. The summed E-state index contributed by atoms with van der Waals surface area (Å²) in [5, 5.41) is 2.05. The van der Waals surface area contributed by atoms with Crippen LogP contribution in [0.3, 0.4) is 0 Å². The topological polar surface area (TPSA) is 89.5 Å². The number of cyclic esters (lactones) is 4. The number of rotatable bonds is 7. The zero-order valence-corrected chi connectivity index (χ0v) is 14.4. The minimum atomic E-state index is -0.661. The first-order valence-electron chi connectivity index (χ1n) is 8.56. The molecule has 4 rings (SSSR count). The summed E-state index contributed by atoms with van der Waals surface area (Å²) in [5.41, 5.74) is 1.02. The summed E-state index contributed by atoms with van der Waals surface area (Å²) < 4.78 is 30.7. The van der Waals surface area contributed by atoms with E-state index in [2.05, 4.69) is 0 Å². The number of benzene rings is 2. The highest BCUT2D eigenvalue weighted by atomic mass is 16.8. The Hall–Kier alpha value is -3.00. The molecule has 0 N–H and O–H groups in total. The molecule has 2 heterocycles. The van der Waals surface area contributed by atoms with E-state index in [-0.39, 0.29) is 38.6 Å². The van der Waals surface area contributed by atoms with Crippen molar-refractivity contribution < 1.29 is 38.0 Å². The van der Waals surface area contributed by atoms with E-state index in [9.17, 15) is 9.59 Å². The predicted molar refractivity (Wildman–Crippen MR) is 91.5 cm³/mol. The van der Waals surface area contributed by atoms with Gasteiger partial charge in [-0.05, 0) is 28.5 Å².